The third-order valence-corrected chi connectivity index (χ3v) is 3.68. The Labute approximate surface area is 143 Å². The number of nitrogens with zero attached hydrogens (tertiary/aromatic N) is 4. The second-order valence-corrected chi connectivity index (χ2v) is 5.99. The lowest BCUT2D eigenvalue weighted by atomic mass is 9.97. The molecule has 0 aliphatic carbocycles. The van der Waals surface area contributed by atoms with Gasteiger partial charge < -0.3 is 15.0 Å². The fourth-order valence-corrected chi connectivity index (χ4v) is 2.61. The number of carbonyl (C=O) groups is 1. The van der Waals surface area contributed by atoms with Gasteiger partial charge in [-0.25, -0.2) is 18.7 Å². The fourth-order valence-electron chi connectivity index (χ4n) is 2.42. The van der Waals surface area contributed by atoms with Crippen molar-refractivity contribution in [3.05, 3.63) is 23.6 Å². The SMILES string of the molecule is O=C(NCC(F)(F)F)OCC1(F)CN(c2cc(Cl)nn3ccnc23)C1. The average molecular weight is 382 g/mol. The number of ether oxygens (including phenoxy) is 1. The van der Waals surface area contributed by atoms with Crippen molar-refractivity contribution < 1.29 is 27.1 Å². The van der Waals surface area contributed by atoms with Crippen LogP contribution < -0.4 is 10.2 Å². The Balaban J connectivity index is 1.55. The molecule has 0 unspecified atom stereocenters. The van der Waals surface area contributed by atoms with Gasteiger partial charge >= 0.3 is 12.3 Å². The molecule has 0 spiro atoms. The van der Waals surface area contributed by atoms with E-state index < -0.39 is 31.1 Å². The summed E-state index contributed by atoms with van der Waals surface area (Å²) >= 11 is 5.90. The van der Waals surface area contributed by atoms with Crippen LogP contribution in [0.5, 0.6) is 0 Å². The number of hydrogen-bond acceptors (Lipinski definition) is 5. The molecule has 1 aliphatic heterocycles. The lowest BCUT2D eigenvalue weighted by molar-refractivity contribution is -0.124. The standard InChI is InChI=1S/C13H12ClF4N5O2/c14-9-3-8(10-19-1-2-23(10)21-9)22-5-12(15,6-22)7-25-11(24)20-4-13(16,17)18/h1-3H,4-7H2,(H,20,24). The first-order valence-electron chi connectivity index (χ1n) is 7.06. The predicted molar refractivity (Wildman–Crippen MR) is 79.5 cm³/mol. The van der Waals surface area contributed by atoms with Crippen molar-refractivity contribution in [3.8, 4) is 0 Å². The highest BCUT2D eigenvalue weighted by atomic mass is 35.5. The summed E-state index contributed by atoms with van der Waals surface area (Å²) < 4.78 is 56.3. The van der Waals surface area contributed by atoms with E-state index >= 15 is 0 Å². The van der Waals surface area contributed by atoms with Gasteiger partial charge in [0.15, 0.2) is 16.5 Å². The molecule has 12 heteroatoms. The zero-order chi connectivity index (χ0) is 18.2. The molecule has 3 rings (SSSR count). The van der Waals surface area contributed by atoms with Gasteiger partial charge in [-0.1, -0.05) is 11.6 Å². The largest absolute Gasteiger partial charge is 0.446 e. The van der Waals surface area contributed by atoms with Crippen LogP contribution in [0, 0.1) is 0 Å². The number of anilines is 1. The maximum absolute atomic E-state index is 14.5. The zero-order valence-corrected chi connectivity index (χ0v) is 13.3. The number of nitrogens with one attached hydrogen (secondary N) is 1. The Bertz CT molecular complexity index is 790. The van der Waals surface area contributed by atoms with Crippen molar-refractivity contribution in [2.24, 2.45) is 0 Å². The number of hydrogen-bond donors (Lipinski definition) is 1. The Morgan fingerprint density at radius 2 is 2.16 bits per heavy atom. The number of imidazole rings is 1. The van der Waals surface area contributed by atoms with Gasteiger partial charge in [0.05, 0.1) is 18.8 Å². The normalized spacial score (nSPS) is 16.6. The monoisotopic (exact) mass is 381 g/mol. The first kappa shape index (κ1) is 17.5. The molecular weight excluding hydrogens is 370 g/mol. The number of halogens is 5. The summed E-state index contributed by atoms with van der Waals surface area (Å²) in [6, 6.07) is 1.53. The van der Waals surface area contributed by atoms with E-state index in [9.17, 15) is 22.4 Å². The third-order valence-electron chi connectivity index (χ3n) is 3.49. The number of alkyl carbamates (subject to hydrolysis) is 1. The van der Waals surface area contributed by atoms with Gasteiger partial charge in [-0.15, -0.1) is 0 Å². The van der Waals surface area contributed by atoms with Crippen LogP contribution in [0.4, 0.5) is 28.0 Å². The molecule has 0 atom stereocenters. The van der Waals surface area contributed by atoms with Crippen molar-refractivity contribution in [2.45, 2.75) is 11.8 Å². The topological polar surface area (TPSA) is 71.8 Å². The molecule has 0 radical (unpaired) electrons. The quantitative estimate of drug-likeness (QED) is 0.822. The maximum Gasteiger partial charge on any atom is 0.407 e. The van der Waals surface area contributed by atoms with E-state index in [1.165, 1.54) is 22.1 Å². The molecular formula is C13H12ClF4N5O2. The van der Waals surface area contributed by atoms with Crippen LogP contribution in [0.3, 0.4) is 0 Å². The zero-order valence-electron chi connectivity index (χ0n) is 12.6. The minimum absolute atomic E-state index is 0.123. The molecule has 3 heterocycles. The van der Waals surface area contributed by atoms with Crippen LogP contribution in [-0.4, -0.2) is 58.8 Å². The highest BCUT2D eigenvalue weighted by Crippen LogP contribution is 2.34. The van der Waals surface area contributed by atoms with Gasteiger partial charge in [0.25, 0.3) is 0 Å². The molecule has 25 heavy (non-hydrogen) atoms. The van der Waals surface area contributed by atoms with E-state index in [0.29, 0.717) is 11.3 Å². The maximum atomic E-state index is 14.5. The molecule has 1 N–H and O–H groups in total. The molecule has 2 aromatic rings. The predicted octanol–water partition coefficient (Wildman–Crippen LogP) is 2.20. The van der Waals surface area contributed by atoms with Gasteiger partial charge in [0.2, 0.25) is 0 Å². The molecule has 0 bridgehead atoms. The van der Waals surface area contributed by atoms with E-state index in [1.807, 2.05) is 0 Å². The van der Waals surface area contributed by atoms with Crippen molar-refractivity contribution in [1.82, 2.24) is 19.9 Å². The Hall–Kier alpha value is -2.30. The molecule has 0 saturated carbocycles. The summed E-state index contributed by atoms with van der Waals surface area (Å²) in [5.74, 6) is 0. The van der Waals surface area contributed by atoms with Crippen LogP contribution in [0.2, 0.25) is 5.15 Å². The van der Waals surface area contributed by atoms with E-state index in [0.717, 1.165) is 0 Å². The van der Waals surface area contributed by atoms with Crippen molar-refractivity contribution in [1.29, 1.82) is 0 Å². The summed E-state index contributed by atoms with van der Waals surface area (Å²) in [5, 5.41) is 5.71. The Morgan fingerprint density at radius 3 is 2.84 bits per heavy atom. The summed E-state index contributed by atoms with van der Waals surface area (Å²) in [6.45, 7) is -2.44. The summed E-state index contributed by atoms with van der Waals surface area (Å²) in [7, 11) is 0. The molecule has 1 amide bonds. The molecule has 136 valence electrons. The second-order valence-electron chi connectivity index (χ2n) is 5.60. The van der Waals surface area contributed by atoms with Crippen LogP contribution in [0.25, 0.3) is 5.65 Å². The van der Waals surface area contributed by atoms with E-state index in [4.69, 9.17) is 11.6 Å². The van der Waals surface area contributed by atoms with E-state index in [2.05, 4.69) is 14.8 Å². The average Bonchev–Trinajstić information content (AvgIpc) is 2.94. The van der Waals surface area contributed by atoms with Crippen LogP contribution in [-0.2, 0) is 4.74 Å². The number of rotatable bonds is 4. The van der Waals surface area contributed by atoms with Crippen LogP contribution in [0.1, 0.15) is 0 Å². The lowest BCUT2D eigenvalue weighted by Crippen LogP contribution is -2.62. The smallest absolute Gasteiger partial charge is 0.407 e. The first-order chi connectivity index (χ1) is 11.7. The number of aromatic nitrogens is 3. The van der Waals surface area contributed by atoms with Crippen LogP contribution >= 0.6 is 11.6 Å². The van der Waals surface area contributed by atoms with E-state index in [-0.39, 0.29) is 18.2 Å². The first-order valence-corrected chi connectivity index (χ1v) is 7.44. The molecule has 1 aliphatic rings. The minimum Gasteiger partial charge on any atom is -0.446 e. The van der Waals surface area contributed by atoms with Gasteiger partial charge in [0, 0.05) is 18.5 Å². The second kappa shape index (κ2) is 6.21. The molecule has 0 aromatic carbocycles. The summed E-state index contributed by atoms with van der Waals surface area (Å²) in [4.78, 5) is 16.9. The highest BCUT2D eigenvalue weighted by molar-refractivity contribution is 6.29. The number of alkyl halides is 4. The fraction of sp³-hybridized carbons (Fsp3) is 0.462. The van der Waals surface area contributed by atoms with Gasteiger partial charge in [0.1, 0.15) is 13.2 Å². The van der Waals surface area contributed by atoms with E-state index in [1.54, 1.807) is 11.1 Å². The molecule has 7 nitrogen and oxygen atoms in total. The minimum atomic E-state index is -4.56. The number of carbonyl (C=O) groups excluding carboxylic acids is 1. The van der Waals surface area contributed by atoms with Gasteiger partial charge in [-0.3, -0.25) is 0 Å². The van der Waals surface area contributed by atoms with Crippen molar-refractivity contribution in [3.63, 3.8) is 0 Å². The highest BCUT2D eigenvalue weighted by Gasteiger charge is 2.46. The third kappa shape index (κ3) is 4.03. The molecule has 1 fully saturated rings. The number of amides is 1. The molecule has 1 saturated heterocycles. The summed E-state index contributed by atoms with van der Waals surface area (Å²) in [5.41, 5.74) is -0.829. The lowest BCUT2D eigenvalue weighted by Gasteiger charge is -2.45. The van der Waals surface area contributed by atoms with Gasteiger partial charge in [-0.2, -0.15) is 18.3 Å². The number of fused-ring (bicyclic) bond motifs is 1. The van der Waals surface area contributed by atoms with Crippen molar-refractivity contribution >= 4 is 29.0 Å². The summed E-state index contributed by atoms with van der Waals surface area (Å²) in [6.07, 6.45) is -2.79. The van der Waals surface area contributed by atoms with Gasteiger partial charge in [-0.05, 0) is 0 Å². The Morgan fingerprint density at radius 1 is 1.44 bits per heavy atom. The van der Waals surface area contributed by atoms with Crippen molar-refractivity contribution in [2.75, 3.05) is 31.1 Å². The van der Waals surface area contributed by atoms with Crippen LogP contribution in [0.15, 0.2) is 18.5 Å². The Kier molecular flexibility index (Phi) is 4.35. The molecule has 2 aromatic heterocycles.